The summed E-state index contributed by atoms with van der Waals surface area (Å²) >= 11 is 0. The van der Waals surface area contributed by atoms with E-state index in [1.807, 2.05) is 0 Å². The molecule has 148 valence electrons. The Morgan fingerprint density at radius 3 is 2.56 bits per heavy atom. The average molecular weight is 382 g/mol. The Kier molecular flexibility index (Phi) is 7.69. The van der Waals surface area contributed by atoms with Crippen molar-refractivity contribution in [3.63, 3.8) is 0 Å². The standard InChI is InChI=1S/C19H24F2N2O4/c20-14-7-8-16(15(21)11-14)23-12-13(10-17(23)24)19(27)22-9-5-3-1-2-4-6-18(25)26/h7-8,11,13H,1-6,9-10,12H2,(H,22,27)(H,25,26). The van der Waals surface area contributed by atoms with Crippen molar-refractivity contribution in [1.82, 2.24) is 5.32 Å². The van der Waals surface area contributed by atoms with Gasteiger partial charge < -0.3 is 15.3 Å². The van der Waals surface area contributed by atoms with Gasteiger partial charge in [-0.1, -0.05) is 19.3 Å². The minimum absolute atomic E-state index is 0.00214. The van der Waals surface area contributed by atoms with E-state index in [-0.39, 0.29) is 36.9 Å². The molecule has 1 aliphatic heterocycles. The number of rotatable bonds is 10. The molecule has 27 heavy (non-hydrogen) atoms. The van der Waals surface area contributed by atoms with E-state index >= 15 is 0 Å². The van der Waals surface area contributed by atoms with Crippen LogP contribution in [0.4, 0.5) is 14.5 Å². The summed E-state index contributed by atoms with van der Waals surface area (Å²) in [6.45, 7) is 0.551. The fraction of sp³-hybridized carbons (Fsp3) is 0.526. The number of benzene rings is 1. The van der Waals surface area contributed by atoms with Gasteiger partial charge in [-0.2, -0.15) is 0 Å². The topological polar surface area (TPSA) is 86.7 Å². The summed E-state index contributed by atoms with van der Waals surface area (Å²) in [6.07, 6.45) is 4.24. The molecule has 0 spiro atoms. The number of hydrogen-bond acceptors (Lipinski definition) is 3. The Balaban J connectivity index is 1.70. The van der Waals surface area contributed by atoms with Gasteiger partial charge in [0.2, 0.25) is 11.8 Å². The van der Waals surface area contributed by atoms with E-state index in [9.17, 15) is 23.2 Å². The molecule has 1 heterocycles. The third kappa shape index (κ3) is 6.30. The predicted octanol–water partition coefficient (Wildman–Crippen LogP) is 2.86. The Bertz CT molecular complexity index is 696. The van der Waals surface area contributed by atoms with Crippen molar-refractivity contribution in [3.05, 3.63) is 29.8 Å². The van der Waals surface area contributed by atoms with Crippen molar-refractivity contribution in [2.75, 3.05) is 18.0 Å². The van der Waals surface area contributed by atoms with Crippen LogP contribution in [0.3, 0.4) is 0 Å². The summed E-state index contributed by atoms with van der Waals surface area (Å²) in [5, 5.41) is 11.3. The van der Waals surface area contributed by atoms with E-state index in [2.05, 4.69) is 5.32 Å². The number of nitrogens with one attached hydrogen (secondary N) is 1. The van der Waals surface area contributed by atoms with Gasteiger partial charge in [0, 0.05) is 32.0 Å². The van der Waals surface area contributed by atoms with E-state index in [1.165, 1.54) is 11.0 Å². The van der Waals surface area contributed by atoms with Crippen LogP contribution in [0.25, 0.3) is 0 Å². The minimum atomic E-state index is -0.827. The Morgan fingerprint density at radius 2 is 1.85 bits per heavy atom. The first-order valence-corrected chi connectivity index (χ1v) is 9.13. The summed E-state index contributed by atoms with van der Waals surface area (Å²) < 4.78 is 26.9. The number of halogens is 2. The molecule has 0 radical (unpaired) electrons. The van der Waals surface area contributed by atoms with Gasteiger partial charge in [-0.05, 0) is 25.0 Å². The molecule has 1 saturated heterocycles. The van der Waals surface area contributed by atoms with Crippen LogP contribution in [0.1, 0.15) is 44.9 Å². The van der Waals surface area contributed by atoms with Crippen molar-refractivity contribution in [3.8, 4) is 0 Å². The lowest BCUT2D eigenvalue weighted by Gasteiger charge is -2.17. The molecule has 0 aromatic heterocycles. The molecule has 1 aromatic rings. The molecule has 0 saturated carbocycles. The second-order valence-corrected chi connectivity index (χ2v) is 6.70. The largest absolute Gasteiger partial charge is 0.481 e. The maximum Gasteiger partial charge on any atom is 0.303 e. The number of amides is 2. The molecule has 2 N–H and O–H groups in total. The molecule has 8 heteroatoms. The van der Waals surface area contributed by atoms with E-state index in [4.69, 9.17) is 5.11 Å². The van der Waals surface area contributed by atoms with Gasteiger partial charge in [-0.25, -0.2) is 8.78 Å². The number of aliphatic carboxylic acids is 1. The van der Waals surface area contributed by atoms with Gasteiger partial charge in [0.15, 0.2) is 0 Å². The van der Waals surface area contributed by atoms with Crippen LogP contribution in [0, 0.1) is 17.6 Å². The van der Waals surface area contributed by atoms with Crippen molar-refractivity contribution < 1.29 is 28.3 Å². The SMILES string of the molecule is O=C(O)CCCCCCCNC(=O)C1CC(=O)N(c2ccc(F)cc2F)C1. The molecule has 1 aliphatic rings. The lowest BCUT2D eigenvalue weighted by molar-refractivity contribution is -0.137. The Morgan fingerprint density at radius 1 is 1.15 bits per heavy atom. The first kappa shape index (κ1) is 20.8. The highest BCUT2D eigenvalue weighted by atomic mass is 19.1. The Hall–Kier alpha value is -2.51. The highest BCUT2D eigenvalue weighted by molar-refractivity contribution is 6.00. The second-order valence-electron chi connectivity index (χ2n) is 6.70. The maximum atomic E-state index is 13.9. The van der Waals surface area contributed by atoms with Crippen LogP contribution >= 0.6 is 0 Å². The van der Waals surface area contributed by atoms with Gasteiger partial charge in [0.1, 0.15) is 11.6 Å². The molecule has 0 bridgehead atoms. The minimum Gasteiger partial charge on any atom is -0.481 e. The van der Waals surface area contributed by atoms with Crippen LogP contribution in [0.2, 0.25) is 0 Å². The lowest BCUT2D eigenvalue weighted by atomic mass is 10.1. The zero-order valence-electron chi connectivity index (χ0n) is 15.0. The molecule has 1 aromatic carbocycles. The van der Waals surface area contributed by atoms with Gasteiger partial charge in [-0.3, -0.25) is 14.4 Å². The maximum absolute atomic E-state index is 13.9. The zero-order chi connectivity index (χ0) is 19.8. The van der Waals surface area contributed by atoms with Gasteiger partial charge in [0.25, 0.3) is 0 Å². The first-order valence-electron chi connectivity index (χ1n) is 9.13. The monoisotopic (exact) mass is 382 g/mol. The normalized spacial score (nSPS) is 16.6. The number of nitrogens with zero attached hydrogens (tertiary/aromatic N) is 1. The molecular formula is C19H24F2N2O4. The number of carboxylic acid groups (broad SMARTS) is 1. The summed E-state index contributed by atoms with van der Waals surface area (Å²) in [7, 11) is 0. The van der Waals surface area contributed by atoms with Crippen LogP contribution in [0.5, 0.6) is 0 Å². The van der Waals surface area contributed by atoms with Crippen molar-refractivity contribution in [2.45, 2.75) is 44.9 Å². The Labute approximate surface area is 156 Å². The molecule has 1 unspecified atom stereocenters. The number of carbonyl (C=O) groups excluding carboxylic acids is 2. The number of carboxylic acids is 1. The molecule has 2 rings (SSSR count). The number of anilines is 1. The lowest BCUT2D eigenvalue weighted by Crippen LogP contribution is -2.33. The van der Waals surface area contributed by atoms with Crippen molar-refractivity contribution >= 4 is 23.5 Å². The fourth-order valence-corrected chi connectivity index (χ4v) is 3.10. The molecule has 6 nitrogen and oxygen atoms in total. The van der Waals surface area contributed by atoms with E-state index in [1.54, 1.807) is 0 Å². The van der Waals surface area contributed by atoms with Gasteiger partial charge >= 0.3 is 5.97 Å². The highest BCUT2D eigenvalue weighted by Crippen LogP contribution is 2.28. The molecule has 1 atom stereocenters. The van der Waals surface area contributed by atoms with Gasteiger partial charge in [-0.15, -0.1) is 0 Å². The van der Waals surface area contributed by atoms with Crippen LogP contribution < -0.4 is 10.2 Å². The summed E-state index contributed by atoms with van der Waals surface area (Å²) in [6, 6.07) is 3.00. The quantitative estimate of drug-likeness (QED) is 0.609. The zero-order valence-corrected chi connectivity index (χ0v) is 15.0. The van der Waals surface area contributed by atoms with E-state index in [0.29, 0.717) is 19.0 Å². The van der Waals surface area contributed by atoms with Crippen molar-refractivity contribution in [1.29, 1.82) is 0 Å². The molecule has 2 amide bonds. The van der Waals surface area contributed by atoms with Crippen LogP contribution in [-0.4, -0.2) is 36.0 Å². The number of unbranched alkanes of at least 4 members (excludes halogenated alkanes) is 4. The van der Waals surface area contributed by atoms with Gasteiger partial charge in [0.05, 0.1) is 11.6 Å². The third-order valence-electron chi connectivity index (χ3n) is 4.56. The average Bonchev–Trinajstić information content (AvgIpc) is 2.98. The fourth-order valence-electron chi connectivity index (χ4n) is 3.10. The predicted molar refractivity (Wildman–Crippen MR) is 95.2 cm³/mol. The second kappa shape index (κ2) is 9.99. The summed E-state index contributed by atoms with van der Waals surface area (Å²) in [4.78, 5) is 35.9. The van der Waals surface area contributed by atoms with Crippen molar-refractivity contribution in [2.24, 2.45) is 5.92 Å². The van der Waals surface area contributed by atoms with E-state index in [0.717, 1.165) is 31.7 Å². The number of hydrogen-bond donors (Lipinski definition) is 2. The summed E-state index contributed by atoms with van der Waals surface area (Å²) in [5.41, 5.74) is -0.0157. The molecule has 0 aliphatic carbocycles. The molecule has 1 fully saturated rings. The third-order valence-corrected chi connectivity index (χ3v) is 4.56. The van der Waals surface area contributed by atoms with Crippen LogP contribution in [-0.2, 0) is 14.4 Å². The van der Waals surface area contributed by atoms with Crippen LogP contribution in [0.15, 0.2) is 18.2 Å². The molecular weight excluding hydrogens is 358 g/mol. The number of carbonyl (C=O) groups is 3. The highest BCUT2D eigenvalue weighted by Gasteiger charge is 2.36. The summed E-state index contributed by atoms with van der Waals surface area (Å²) in [5.74, 6) is -3.51. The first-order chi connectivity index (χ1) is 12.9. The van der Waals surface area contributed by atoms with E-state index < -0.39 is 23.5 Å². The smallest absolute Gasteiger partial charge is 0.303 e.